The van der Waals surface area contributed by atoms with Crippen molar-refractivity contribution in [1.29, 1.82) is 0 Å². The summed E-state index contributed by atoms with van der Waals surface area (Å²) in [6.07, 6.45) is 1.52. The third kappa shape index (κ3) is 4.61. The second-order valence-electron chi connectivity index (χ2n) is 6.52. The van der Waals surface area contributed by atoms with Gasteiger partial charge in [-0.1, -0.05) is 6.07 Å². The number of methoxy groups -OCH3 is 1. The zero-order chi connectivity index (χ0) is 19.2. The number of carbonyl (C=O) groups excluding carboxylic acids is 1. The Morgan fingerprint density at radius 1 is 1.22 bits per heavy atom. The zero-order valence-electron chi connectivity index (χ0n) is 16.1. The fourth-order valence-corrected chi connectivity index (χ4v) is 3.24. The minimum Gasteiger partial charge on any atom is -0.497 e. The highest BCUT2D eigenvalue weighted by atomic mass is 16.5. The van der Waals surface area contributed by atoms with Crippen LogP contribution in [0.15, 0.2) is 46.0 Å². The minimum absolute atomic E-state index is 0.0607. The molecule has 0 aliphatic carbocycles. The van der Waals surface area contributed by atoms with Crippen LogP contribution in [0.3, 0.4) is 0 Å². The summed E-state index contributed by atoms with van der Waals surface area (Å²) >= 11 is 0. The smallest absolute Gasteiger partial charge is 0.289 e. The molecule has 0 radical (unpaired) electrons. The molecule has 1 aliphatic rings. The van der Waals surface area contributed by atoms with Gasteiger partial charge in [-0.3, -0.25) is 9.79 Å². The van der Waals surface area contributed by atoms with Crippen LogP contribution in [0.5, 0.6) is 5.75 Å². The summed E-state index contributed by atoms with van der Waals surface area (Å²) in [5.41, 5.74) is 2.30. The maximum absolute atomic E-state index is 12.4. The van der Waals surface area contributed by atoms with E-state index in [9.17, 15) is 4.79 Å². The summed E-state index contributed by atoms with van der Waals surface area (Å²) in [4.78, 5) is 20.7. The molecule has 7 nitrogen and oxygen atoms in total. The van der Waals surface area contributed by atoms with E-state index in [2.05, 4.69) is 28.2 Å². The molecule has 1 aromatic carbocycles. The average Bonchev–Trinajstić information content (AvgIpc) is 3.22. The van der Waals surface area contributed by atoms with Gasteiger partial charge in [-0.15, -0.1) is 0 Å². The lowest BCUT2D eigenvalue weighted by Crippen LogP contribution is -2.53. The summed E-state index contributed by atoms with van der Waals surface area (Å²) in [5, 5.41) is 3.40. The Morgan fingerprint density at radius 2 is 1.96 bits per heavy atom. The topological polar surface area (TPSA) is 70.3 Å². The molecule has 0 saturated carbocycles. The summed E-state index contributed by atoms with van der Waals surface area (Å²) in [6, 6.07) is 9.59. The molecule has 27 heavy (non-hydrogen) atoms. The maximum atomic E-state index is 12.4. The van der Waals surface area contributed by atoms with Crippen LogP contribution < -0.4 is 10.1 Å². The van der Waals surface area contributed by atoms with E-state index in [1.807, 2.05) is 17.0 Å². The molecule has 1 fully saturated rings. The van der Waals surface area contributed by atoms with Crippen molar-refractivity contribution in [1.82, 2.24) is 15.1 Å². The normalized spacial score (nSPS) is 15.0. The number of rotatable bonds is 4. The Hall–Kier alpha value is -2.96. The van der Waals surface area contributed by atoms with E-state index >= 15 is 0 Å². The molecule has 2 aromatic rings. The molecule has 144 valence electrons. The van der Waals surface area contributed by atoms with Crippen LogP contribution in [-0.4, -0.2) is 62.0 Å². The van der Waals surface area contributed by atoms with E-state index in [0.29, 0.717) is 25.4 Å². The number of ether oxygens (including phenoxy) is 1. The van der Waals surface area contributed by atoms with Crippen molar-refractivity contribution in [2.24, 2.45) is 4.99 Å². The number of hydrogen-bond donors (Lipinski definition) is 1. The first-order valence-corrected chi connectivity index (χ1v) is 9.03. The average molecular weight is 370 g/mol. The molecule has 2 heterocycles. The van der Waals surface area contributed by atoms with Crippen molar-refractivity contribution in [2.45, 2.75) is 13.5 Å². The van der Waals surface area contributed by atoms with E-state index in [0.717, 1.165) is 35.9 Å². The van der Waals surface area contributed by atoms with E-state index in [1.165, 1.54) is 6.26 Å². The SMILES string of the molecule is CN=C(NCc1cc(C)cc(OC)c1)N1CCN(C(=O)c2ccco2)CC1. The van der Waals surface area contributed by atoms with Gasteiger partial charge in [-0.25, -0.2) is 0 Å². The Balaban J connectivity index is 1.55. The number of piperazine rings is 1. The van der Waals surface area contributed by atoms with Crippen LogP contribution in [0.2, 0.25) is 0 Å². The number of hydrogen-bond acceptors (Lipinski definition) is 4. The van der Waals surface area contributed by atoms with Crippen molar-refractivity contribution in [3.8, 4) is 5.75 Å². The molecule has 1 N–H and O–H groups in total. The first-order valence-electron chi connectivity index (χ1n) is 9.03. The standard InChI is InChI=1S/C20H26N4O3/c1-15-11-16(13-17(12-15)26-3)14-22-20(21-2)24-8-6-23(7-9-24)19(25)18-5-4-10-27-18/h4-5,10-13H,6-9,14H2,1-3H3,(H,21,22). The number of carbonyl (C=O) groups is 1. The second-order valence-corrected chi connectivity index (χ2v) is 6.52. The Kier molecular flexibility index (Phi) is 6.01. The van der Waals surface area contributed by atoms with E-state index in [-0.39, 0.29) is 5.91 Å². The second kappa shape index (κ2) is 8.62. The number of guanidine groups is 1. The van der Waals surface area contributed by atoms with E-state index in [1.54, 1.807) is 26.3 Å². The summed E-state index contributed by atoms with van der Waals surface area (Å²) in [7, 11) is 3.45. The first-order chi connectivity index (χ1) is 13.1. The molecule has 3 rings (SSSR count). The third-order valence-electron chi connectivity index (χ3n) is 4.61. The van der Waals surface area contributed by atoms with Gasteiger partial charge in [0.2, 0.25) is 0 Å². The van der Waals surface area contributed by atoms with Gasteiger partial charge in [0, 0.05) is 39.8 Å². The van der Waals surface area contributed by atoms with Crippen molar-refractivity contribution in [2.75, 3.05) is 40.3 Å². The molecule has 1 amide bonds. The molecule has 1 aliphatic heterocycles. The highest BCUT2D eigenvalue weighted by Gasteiger charge is 2.25. The lowest BCUT2D eigenvalue weighted by atomic mass is 10.1. The number of benzene rings is 1. The predicted octanol–water partition coefficient (Wildman–Crippen LogP) is 2.13. The van der Waals surface area contributed by atoms with Crippen molar-refractivity contribution < 1.29 is 13.9 Å². The number of nitrogens with zero attached hydrogens (tertiary/aromatic N) is 3. The lowest BCUT2D eigenvalue weighted by molar-refractivity contribution is 0.0657. The number of nitrogens with one attached hydrogen (secondary N) is 1. The monoisotopic (exact) mass is 370 g/mol. The van der Waals surface area contributed by atoms with Crippen LogP contribution in [0, 0.1) is 6.92 Å². The maximum Gasteiger partial charge on any atom is 0.289 e. The van der Waals surface area contributed by atoms with Gasteiger partial charge < -0.3 is 24.3 Å². The lowest BCUT2D eigenvalue weighted by Gasteiger charge is -2.36. The summed E-state index contributed by atoms with van der Waals surface area (Å²) in [6.45, 7) is 5.44. The highest BCUT2D eigenvalue weighted by molar-refractivity contribution is 5.91. The van der Waals surface area contributed by atoms with Crippen LogP contribution in [0.4, 0.5) is 0 Å². The van der Waals surface area contributed by atoms with Crippen LogP contribution in [-0.2, 0) is 6.54 Å². The van der Waals surface area contributed by atoms with Gasteiger partial charge in [0.05, 0.1) is 13.4 Å². The molecule has 0 bridgehead atoms. The quantitative estimate of drug-likeness (QED) is 0.660. The van der Waals surface area contributed by atoms with Gasteiger partial charge in [-0.05, 0) is 42.3 Å². The van der Waals surface area contributed by atoms with Gasteiger partial charge in [-0.2, -0.15) is 0 Å². The molecule has 0 atom stereocenters. The summed E-state index contributed by atoms with van der Waals surface area (Å²) < 4.78 is 10.5. The molecule has 7 heteroatoms. The van der Waals surface area contributed by atoms with Gasteiger partial charge in [0.15, 0.2) is 11.7 Å². The fraction of sp³-hybridized carbons (Fsp3) is 0.400. The highest BCUT2D eigenvalue weighted by Crippen LogP contribution is 2.16. The van der Waals surface area contributed by atoms with Crippen LogP contribution >= 0.6 is 0 Å². The molecular weight excluding hydrogens is 344 g/mol. The van der Waals surface area contributed by atoms with Crippen molar-refractivity contribution in [3.63, 3.8) is 0 Å². The van der Waals surface area contributed by atoms with Crippen LogP contribution in [0.25, 0.3) is 0 Å². The fourth-order valence-electron chi connectivity index (χ4n) is 3.24. The molecule has 1 saturated heterocycles. The van der Waals surface area contributed by atoms with Gasteiger partial charge >= 0.3 is 0 Å². The van der Waals surface area contributed by atoms with E-state index in [4.69, 9.17) is 9.15 Å². The van der Waals surface area contributed by atoms with Crippen molar-refractivity contribution >= 4 is 11.9 Å². The van der Waals surface area contributed by atoms with Crippen molar-refractivity contribution in [3.05, 3.63) is 53.5 Å². The number of aliphatic imine (C=N–C) groups is 1. The number of aryl methyl sites for hydroxylation is 1. The third-order valence-corrected chi connectivity index (χ3v) is 4.61. The molecular formula is C20H26N4O3. The number of furan rings is 1. The molecule has 0 unspecified atom stereocenters. The largest absolute Gasteiger partial charge is 0.497 e. The minimum atomic E-state index is -0.0607. The number of amides is 1. The van der Waals surface area contributed by atoms with Gasteiger partial charge in [0.25, 0.3) is 5.91 Å². The predicted molar refractivity (Wildman–Crippen MR) is 104 cm³/mol. The molecule has 0 spiro atoms. The zero-order valence-corrected chi connectivity index (χ0v) is 16.1. The van der Waals surface area contributed by atoms with Gasteiger partial charge in [0.1, 0.15) is 5.75 Å². The van der Waals surface area contributed by atoms with E-state index < -0.39 is 0 Å². The summed E-state index contributed by atoms with van der Waals surface area (Å²) in [5.74, 6) is 2.02. The Morgan fingerprint density at radius 3 is 2.59 bits per heavy atom. The van der Waals surface area contributed by atoms with Crippen LogP contribution in [0.1, 0.15) is 21.7 Å². The Labute approximate surface area is 159 Å². The first kappa shape index (κ1) is 18.8. The molecule has 1 aromatic heterocycles. The Bertz CT molecular complexity index is 794.